The number of nitriles is 3. The molecule has 0 bridgehead atoms. The average Bonchev–Trinajstić information content (AvgIpc) is 2.66. The molecule has 1 heterocycles. The quantitative estimate of drug-likeness (QED) is 0.505. The molecular formula is C16H11N8O3+. The van der Waals surface area contributed by atoms with Crippen LogP contribution in [0.4, 0.5) is 17.3 Å². The van der Waals surface area contributed by atoms with Crippen molar-refractivity contribution in [3.8, 4) is 18.2 Å². The number of aromatic amines is 1. The minimum absolute atomic E-state index is 0.00508. The van der Waals surface area contributed by atoms with Crippen LogP contribution in [0.3, 0.4) is 0 Å². The van der Waals surface area contributed by atoms with E-state index in [0.29, 0.717) is 0 Å². The van der Waals surface area contributed by atoms with Gasteiger partial charge in [-0.15, -0.1) is 0 Å². The number of anilines is 2. The summed E-state index contributed by atoms with van der Waals surface area (Å²) < 4.78 is 0. The van der Waals surface area contributed by atoms with Crippen molar-refractivity contribution in [2.45, 2.75) is 6.42 Å². The van der Waals surface area contributed by atoms with Crippen molar-refractivity contribution >= 4 is 23.2 Å². The van der Waals surface area contributed by atoms with Crippen molar-refractivity contribution < 1.29 is 14.7 Å². The first-order valence-electron chi connectivity index (χ1n) is 7.28. The SMILES string of the molecule is N#CCc1c(C#N)c(N)[nH+]c(NNC(=O)c2ccc([N+](=O)[O-])cc2)c1C#N. The summed E-state index contributed by atoms with van der Waals surface area (Å²) in [5.74, 6) is -0.713. The van der Waals surface area contributed by atoms with E-state index in [-0.39, 0.29) is 46.0 Å². The number of nitrogen functional groups attached to an aromatic ring is 1. The Hall–Kier alpha value is -4.69. The number of H-pyrrole nitrogens is 1. The van der Waals surface area contributed by atoms with E-state index in [1.165, 1.54) is 24.3 Å². The molecule has 2 aromatic rings. The predicted molar refractivity (Wildman–Crippen MR) is 90.3 cm³/mol. The maximum atomic E-state index is 12.1. The highest BCUT2D eigenvalue weighted by Crippen LogP contribution is 2.22. The number of nitro benzene ring substituents is 1. The molecule has 0 unspecified atom stereocenters. The van der Waals surface area contributed by atoms with Gasteiger partial charge >= 0.3 is 0 Å². The molecule has 132 valence electrons. The van der Waals surface area contributed by atoms with Crippen LogP contribution in [0.2, 0.25) is 0 Å². The van der Waals surface area contributed by atoms with Gasteiger partial charge in [0.2, 0.25) is 5.82 Å². The highest BCUT2D eigenvalue weighted by Gasteiger charge is 2.22. The second-order valence-corrected chi connectivity index (χ2v) is 5.08. The van der Waals surface area contributed by atoms with Crippen LogP contribution in [0, 0.1) is 44.1 Å². The van der Waals surface area contributed by atoms with Crippen LogP contribution < -0.4 is 21.6 Å². The lowest BCUT2D eigenvalue weighted by Crippen LogP contribution is -2.34. The maximum Gasteiger partial charge on any atom is 0.280 e. The van der Waals surface area contributed by atoms with E-state index in [9.17, 15) is 20.2 Å². The molecule has 0 aliphatic rings. The molecule has 0 atom stereocenters. The summed E-state index contributed by atoms with van der Waals surface area (Å²) in [4.78, 5) is 24.8. The lowest BCUT2D eigenvalue weighted by molar-refractivity contribution is -0.384. The van der Waals surface area contributed by atoms with E-state index >= 15 is 0 Å². The fourth-order valence-electron chi connectivity index (χ4n) is 2.22. The van der Waals surface area contributed by atoms with Crippen LogP contribution in [0.5, 0.6) is 0 Å². The van der Waals surface area contributed by atoms with Crippen LogP contribution in [-0.4, -0.2) is 10.8 Å². The number of nitrogens with two attached hydrogens (primary N) is 1. The number of carbonyl (C=O) groups excluding carboxylic acids is 1. The van der Waals surface area contributed by atoms with E-state index in [1.54, 1.807) is 0 Å². The van der Waals surface area contributed by atoms with Gasteiger partial charge < -0.3 is 5.73 Å². The molecule has 1 aromatic carbocycles. The van der Waals surface area contributed by atoms with E-state index in [4.69, 9.17) is 16.3 Å². The first-order valence-corrected chi connectivity index (χ1v) is 7.28. The maximum absolute atomic E-state index is 12.1. The van der Waals surface area contributed by atoms with Crippen molar-refractivity contribution in [1.29, 1.82) is 15.8 Å². The van der Waals surface area contributed by atoms with Crippen LogP contribution in [0.1, 0.15) is 27.0 Å². The summed E-state index contributed by atoms with van der Waals surface area (Å²) in [5, 5.41) is 38.1. The summed E-state index contributed by atoms with van der Waals surface area (Å²) in [7, 11) is 0. The van der Waals surface area contributed by atoms with Crippen molar-refractivity contribution in [2.75, 3.05) is 11.2 Å². The highest BCUT2D eigenvalue weighted by molar-refractivity contribution is 5.95. The van der Waals surface area contributed by atoms with Gasteiger partial charge in [-0.2, -0.15) is 15.8 Å². The number of carbonyl (C=O) groups is 1. The Morgan fingerprint density at radius 2 is 1.81 bits per heavy atom. The van der Waals surface area contributed by atoms with Crippen molar-refractivity contribution in [2.24, 2.45) is 0 Å². The van der Waals surface area contributed by atoms with E-state index < -0.39 is 10.8 Å². The second kappa shape index (κ2) is 7.92. The number of hydrazine groups is 1. The molecule has 0 spiro atoms. The molecule has 1 aromatic heterocycles. The Morgan fingerprint density at radius 1 is 1.19 bits per heavy atom. The standard InChI is InChI=1S/C16H10N8O3/c17-6-5-11-12(7-18)14(20)21-15(13(11)8-19)22-23-16(25)9-1-3-10(4-2-9)24(26)27/h1-4H,5H2,(H,23,25)(H3,20,21,22)/p+1. The zero-order valence-electron chi connectivity index (χ0n) is 13.6. The molecule has 11 heteroatoms. The highest BCUT2D eigenvalue weighted by atomic mass is 16.6. The third-order valence-electron chi connectivity index (χ3n) is 3.50. The number of hydrogen-bond donors (Lipinski definition) is 3. The largest absolute Gasteiger partial charge is 0.318 e. The number of pyridine rings is 1. The van der Waals surface area contributed by atoms with E-state index in [2.05, 4.69) is 15.8 Å². The zero-order chi connectivity index (χ0) is 20.0. The first-order chi connectivity index (χ1) is 12.9. The normalized spacial score (nSPS) is 9.37. The molecule has 0 aliphatic carbocycles. The molecule has 2 rings (SSSR count). The van der Waals surface area contributed by atoms with Crippen LogP contribution >= 0.6 is 0 Å². The predicted octanol–water partition coefficient (Wildman–Crippen LogP) is 0.557. The third kappa shape index (κ3) is 3.87. The Balaban J connectivity index is 2.29. The lowest BCUT2D eigenvalue weighted by atomic mass is 10.0. The van der Waals surface area contributed by atoms with Crippen LogP contribution in [-0.2, 0) is 6.42 Å². The number of nitro groups is 1. The van der Waals surface area contributed by atoms with E-state index in [0.717, 1.165) is 0 Å². The fourth-order valence-corrected chi connectivity index (χ4v) is 2.22. The van der Waals surface area contributed by atoms with Gasteiger partial charge in [-0.1, -0.05) is 0 Å². The summed E-state index contributed by atoms with van der Waals surface area (Å²) in [5.41, 5.74) is 10.5. The van der Waals surface area contributed by atoms with Gasteiger partial charge in [-0.25, -0.2) is 15.8 Å². The molecule has 0 saturated carbocycles. The molecule has 0 aliphatic heterocycles. The van der Waals surface area contributed by atoms with E-state index in [1.807, 2.05) is 18.2 Å². The summed E-state index contributed by atoms with van der Waals surface area (Å²) >= 11 is 0. The summed E-state index contributed by atoms with van der Waals surface area (Å²) in [6.07, 6.45) is -0.227. The van der Waals surface area contributed by atoms with Gasteiger partial charge in [-0.3, -0.25) is 14.9 Å². The summed E-state index contributed by atoms with van der Waals surface area (Å²) in [6, 6.07) is 10.4. The number of aromatic nitrogens is 1. The number of hydrogen-bond acceptors (Lipinski definition) is 8. The Kier molecular flexibility index (Phi) is 5.47. The molecule has 5 N–H and O–H groups in total. The minimum Gasteiger partial charge on any atom is -0.318 e. The average molecular weight is 363 g/mol. The fraction of sp³-hybridized carbons (Fsp3) is 0.0625. The monoisotopic (exact) mass is 363 g/mol. The smallest absolute Gasteiger partial charge is 0.280 e. The van der Waals surface area contributed by atoms with Crippen LogP contribution in [0.15, 0.2) is 24.3 Å². The number of amides is 1. The number of rotatable bonds is 5. The minimum atomic E-state index is -0.632. The molecular weight excluding hydrogens is 352 g/mol. The van der Waals surface area contributed by atoms with Gasteiger partial charge in [-0.05, 0) is 12.1 Å². The third-order valence-corrected chi connectivity index (χ3v) is 3.50. The van der Waals surface area contributed by atoms with Gasteiger partial charge in [0.1, 0.15) is 23.3 Å². The molecule has 27 heavy (non-hydrogen) atoms. The number of non-ortho nitro benzene ring substituents is 1. The number of nitrogens with zero attached hydrogens (tertiary/aromatic N) is 4. The first kappa shape index (κ1) is 18.6. The zero-order valence-corrected chi connectivity index (χ0v) is 13.6. The van der Waals surface area contributed by atoms with Crippen molar-refractivity contribution in [1.82, 2.24) is 5.43 Å². The van der Waals surface area contributed by atoms with Crippen LogP contribution in [0.25, 0.3) is 0 Å². The van der Waals surface area contributed by atoms with Gasteiger partial charge in [0, 0.05) is 23.3 Å². The van der Waals surface area contributed by atoms with Gasteiger partial charge in [0.25, 0.3) is 17.4 Å². The van der Waals surface area contributed by atoms with Crippen molar-refractivity contribution in [3.63, 3.8) is 0 Å². The topological polar surface area (TPSA) is 196 Å². The van der Waals surface area contributed by atoms with Gasteiger partial charge in [0.15, 0.2) is 0 Å². The van der Waals surface area contributed by atoms with Gasteiger partial charge in [0.05, 0.1) is 17.4 Å². The molecule has 0 fully saturated rings. The summed E-state index contributed by atoms with van der Waals surface area (Å²) in [6.45, 7) is 0. The Morgan fingerprint density at radius 3 is 2.33 bits per heavy atom. The second-order valence-electron chi connectivity index (χ2n) is 5.08. The number of benzene rings is 1. The lowest BCUT2D eigenvalue weighted by Gasteiger charge is -2.09. The Labute approximate surface area is 152 Å². The number of nitrogens with one attached hydrogen (secondary N) is 3. The Bertz CT molecular complexity index is 1040. The molecule has 11 nitrogen and oxygen atoms in total. The molecule has 0 saturated heterocycles. The molecule has 0 radical (unpaired) electrons. The van der Waals surface area contributed by atoms with Crippen molar-refractivity contribution in [3.05, 3.63) is 56.6 Å². The molecule has 1 amide bonds.